The summed E-state index contributed by atoms with van der Waals surface area (Å²) in [7, 11) is 0. The summed E-state index contributed by atoms with van der Waals surface area (Å²) >= 11 is 0. The first-order valence-electron chi connectivity index (χ1n) is 7.48. The molecule has 2 N–H and O–H groups in total. The molecule has 1 aromatic heterocycles. The second-order valence-corrected chi connectivity index (χ2v) is 5.97. The molecule has 0 aromatic carbocycles. The second kappa shape index (κ2) is 5.39. The molecule has 1 aliphatic heterocycles. The summed E-state index contributed by atoms with van der Waals surface area (Å²) in [6.45, 7) is 1.83. The van der Waals surface area contributed by atoms with Crippen LogP contribution in [0, 0.1) is 11.8 Å². The quantitative estimate of drug-likeness (QED) is 0.885. The Morgan fingerprint density at radius 2 is 1.94 bits per heavy atom. The van der Waals surface area contributed by atoms with Crippen molar-refractivity contribution < 1.29 is 0 Å². The van der Waals surface area contributed by atoms with Crippen molar-refractivity contribution in [1.82, 2.24) is 14.8 Å². The lowest BCUT2D eigenvalue weighted by Crippen LogP contribution is -2.27. The summed E-state index contributed by atoms with van der Waals surface area (Å²) in [6, 6.07) is 0. The number of hydrogen-bond donors (Lipinski definition) is 1. The number of aromatic nitrogens is 3. The summed E-state index contributed by atoms with van der Waals surface area (Å²) in [5, 5.41) is 8.74. The van der Waals surface area contributed by atoms with Gasteiger partial charge in [0.1, 0.15) is 11.6 Å². The van der Waals surface area contributed by atoms with Crippen LogP contribution < -0.4 is 5.73 Å². The maximum atomic E-state index is 5.80. The zero-order chi connectivity index (χ0) is 12.4. The van der Waals surface area contributed by atoms with E-state index in [4.69, 9.17) is 5.73 Å². The summed E-state index contributed by atoms with van der Waals surface area (Å²) in [6.07, 6.45) is 10.3. The maximum absolute atomic E-state index is 5.80. The van der Waals surface area contributed by atoms with Crippen LogP contribution in [0.25, 0.3) is 0 Å². The van der Waals surface area contributed by atoms with E-state index in [2.05, 4.69) is 14.8 Å². The number of nitrogens with two attached hydrogens (primary N) is 1. The Morgan fingerprint density at radius 3 is 2.72 bits per heavy atom. The van der Waals surface area contributed by atoms with Crippen molar-refractivity contribution in [3.63, 3.8) is 0 Å². The first-order chi connectivity index (χ1) is 8.86. The van der Waals surface area contributed by atoms with Gasteiger partial charge in [-0.2, -0.15) is 0 Å². The Labute approximate surface area is 109 Å². The molecule has 1 aliphatic carbocycles. The number of fused-ring (bicyclic) bond motifs is 1. The van der Waals surface area contributed by atoms with Crippen LogP contribution in [0.3, 0.4) is 0 Å². The first-order valence-corrected chi connectivity index (χ1v) is 7.48. The van der Waals surface area contributed by atoms with Crippen molar-refractivity contribution in [2.75, 3.05) is 6.54 Å². The third kappa shape index (κ3) is 2.44. The normalized spacial score (nSPS) is 24.4. The van der Waals surface area contributed by atoms with Crippen LogP contribution in [-0.2, 0) is 19.4 Å². The minimum atomic E-state index is 0.624. The van der Waals surface area contributed by atoms with Crippen LogP contribution >= 0.6 is 0 Å². The molecule has 4 heteroatoms. The van der Waals surface area contributed by atoms with Crippen molar-refractivity contribution in [3.8, 4) is 0 Å². The molecule has 0 saturated heterocycles. The van der Waals surface area contributed by atoms with Crippen molar-refractivity contribution in [1.29, 1.82) is 0 Å². The van der Waals surface area contributed by atoms with Gasteiger partial charge in [-0.05, 0) is 31.2 Å². The van der Waals surface area contributed by atoms with Crippen LogP contribution in [0.2, 0.25) is 0 Å². The first kappa shape index (κ1) is 12.2. The molecule has 1 saturated carbocycles. The lowest BCUT2D eigenvalue weighted by Gasteiger charge is -2.23. The average Bonchev–Trinajstić information content (AvgIpc) is 3.05. The largest absolute Gasteiger partial charge is 0.330 e. The number of rotatable bonds is 4. The molecule has 2 aliphatic rings. The van der Waals surface area contributed by atoms with Crippen LogP contribution in [0.15, 0.2) is 0 Å². The Kier molecular flexibility index (Phi) is 3.64. The lowest BCUT2D eigenvalue weighted by molar-refractivity contribution is 0.363. The van der Waals surface area contributed by atoms with E-state index in [1.807, 2.05) is 0 Å². The third-order valence-corrected chi connectivity index (χ3v) is 4.71. The maximum Gasteiger partial charge on any atom is 0.133 e. The highest BCUT2D eigenvalue weighted by atomic mass is 15.3. The Morgan fingerprint density at radius 1 is 1.11 bits per heavy atom. The van der Waals surface area contributed by atoms with Gasteiger partial charge < -0.3 is 10.3 Å². The highest BCUT2D eigenvalue weighted by molar-refractivity contribution is 5.00. The Bertz CT molecular complexity index is 392. The molecule has 4 nitrogen and oxygen atoms in total. The van der Waals surface area contributed by atoms with E-state index in [1.54, 1.807) is 0 Å². The Balaban J connectivity index is 1.64. The van der Waals surface area contributed by atoms with Gasteiger partial charge in [0.05, 0.1) is 0 Å². The van der Waals surface area contributed by atoms with Crippen LogP contribution in [0.1, 0.15) is 50.2 Å². The highest BCUT2D eigenvalue weighted by Crippen LogP contribution is 2.29. The van der Waals surface area contributed by atoms with Crippen molar-refractivity contribution in [2.45, 2.75) is 57.9 Å². The molecule has 0 amide bonds. The van der Waals surface area contributed by atoms with E-state index < -0.39 is 0 Å². The van der Waals surface area contributed by atoms with Crippen LogP contribution in [0.4, 0.5) is 0 Å². The topological polar surface area (TPSA) is 56.7 Å². The zero-order valence-electron chi connectivity index (χ0n) is 11.1. The van der Waals surface area contributed by atoms with Crippen LogP contribution in [0.5, 0.6) is 0 Å². The van der Waals surface area contributed by atoms with Gasteiger partial charge in [-0.1, -0.05) is 25.7 Å². The fourth-order valence-electron chi connectivity index (χ4n) is 3.46. The molecule has 2 heterocycles. The smallest absolute Gasteiger partial charge is 0.133 e. The van der Waals surface area contributed by atoms with Crippen LogP contribution in [-0.4, -0.2) is 21.3 Å². The molecule has 18 heavy (non-hydrogen) atoms. The van der Waals surface area contributed by atoms with E-state index in [0.717, 1.165) is 31.8 Å². The molecule has 1 unspecified atom stereocenters. The van der Waals surface area contributed by atoms with E-state index in [-0.39, 0.29) is 0 Å². The molecule has 1 aromatic rings. The van der Waals surface area contributed by atoms with Gasteiger partial charge >= 0.3 is 0 Å². The number of aryl methyl sites for hydroxylation is 2. The van der Waals surface area contributed by atoms with E-state index in [1.165, 1.54) is 50.2 Å². The lowest BCUT2D eigenvalue weighted by atomic mass is 9.98. The molecule has 100 valence electrons. The highest BCUT2D eigenvalue weighted by Gasteiger charge is 2.22. The molecule has 1 atom stereocenters. The summed E-state index contributed by atoms with van der Waals surface area (Å²) in [4.78, 5) is 0. The molecular formula is C14H24N4. The SMILES string of the molecule is NCC1CCc2nnc(CCC3CCCC3)n2C1. The van der Waals surface area contributed by atoms with Gasteiger partial charge in [0, 0.05) is 19.4 Å². The van der Waals surface area contributed by atoms with Gasteiger partial charge in [0.2, 0.25) is 0 Å². The second-order valence-electron chi connectivity index (χ2n) is 5.97. The summed E-state index contributed by atoms with van der Waals surface area (Å²) in [5.74, 6) is 3.95. The predicted molar refractivity (Wildman–Crippen MR) is 71.2 cm³/mol. The molecular weight excluding hydrogens is 224 g/mol. The molecule has 0 bridgehead atoms. The standard InChI is InChI=1S/C14H24N4/c15-9-12-6-8-14-17-16-13(18(14)10-12)7-5-11-3-1-2-4-11/h11-12H,1-10,15H2. The average molecular weight is 248 g/mol. The molecule has 0 radical (unpaired) electrons. The monoisotopic (exact) mass is 248 g/mol. The third-order valence-electron chi connectivity index (χ3n) is 4.71. The van der Waals surface area contributed by atoms with E-state index in [9.17, 15) is 0 Å². The van der Waals surface area contributed by atoms with Gasteiger partial charge in [-0.3, -0.25) is 0 Å². The van der Waals surface area contributed by atoms with Gasteiger partial charge in [0.25, 0.3) is 0 Å². The zero-order valence-corrected chi connectivity index (χ0v) is 11.1. The molecule has 1 fully saturated rings. The number of nitrogens with zero attached hydrogens (tertiary/aromatic N) is 3. The fraction of sp³-hybridized carbons (Fsp3) is 0.857. The predicted octanol–water partition coefficient (Wildman–Crippen LogP) is 1.92. The van der Waals surface area contributed by atoms with Crippen molar-refractivity contribution in [2.24, 2.45) is 17.6 Å². The minimum absolute atomic E-state index is 0.624. The number of hydrogen-bond acceptors (Lipinski definition) is 3. The molecule has 3 rings (SSSR count). The Hall–Kier alpha value is -0.900. The van der Waals surface area contributed by atoms with Crippen molar-refractivity contribution >= 4 is 0 Å². The van der Waals surface area contributed by atoms with E-state index in [0.29, 0.717) is 5.92 Å². The minimum Gasteiger partial charge on any atom is -0.330 e. The van der Waals surface area contributed by atoms with Gasteiger partial charge in [0.15, 0.2) is 0 Å². The van der Waals surface area contributed by atoms with Gasteiger partial charge in [-0.15, -0.1) is 10.2 Å². The summed E-state index contributed by atoms with van der Waals surface area (Å²) in [5.41, 5.74) is 5.80. The van der Waals surface area contributed by atoms with Crippen molar-refractivity contribution in [3.05, 3.63) is 11.6 Å². The fourth-order valence-corrected chi connectivity index (χ4v) is 3.46. The van der Waals surface area contributed by atoms with E-state index >= 15 is 0 Å². The van der Waals surface area contributed by atoms with Gasteiger partial charge in [-0.25, -0.2) is 0 Å². The molecule has 0 spiro atoms. The summed E-state index contributed by atoms with van der Waals surface area (Å²) < 4.78 is 2.34.